The van der Waals surface area contributed by atoms with Crippen LogP contribution >= 0.6 is 0 Å². The lowest BCUT2D eigenvalue weighted by Crippen LogP contribution is -2.08. The van der Waals surface area contributed by atoms with Gasteiger partial charge in [-0.2, -0.15) is 13.5 Å². The highest BCUT2D eigenvalue weighted by atomic mass is 32.2. The molecule has 0 bridgehead atoms. The number of nitrogens with zero attached hydrogens (tertiary/aromatic N) is 2. The molecule has 0 aliphatic rings. The van der Waals surface area contributed by atoms with E-state index in [-0.39, 0.29) is 11.5 Å². The average Bonchev–Trinajstić information content (AvgIpc) is 2.73. The molecule has 1 aromatic heterocycles. The quantitative estimate of drug-likeness (QED) is 0.789. The van der Waals surface area contributed by atoms with Crippen molar-refractivity contribution in [3.63, 3.8) is 0 Å². The van der Waals surface area contributed by atoms with Gasteiger partial charge in [-0.05, 0) is 25.1 Å². The number of rotatable bonds is 4. The molecule has 0 amide bonds. The van der Waals surface area contributed by atoms with Crippen LogP contribution in [0.1, 0.15) is 11.3 Å². The first kappa shape index (κ1) is 12.8. The van der Waals surface area contributed by atoms with Gasteiger partial charge in [0.15, 0.2) is 0 Å². The minimum atomic E-state index is -3.71. The van der Waals surface area contributed by atoms with E-state index in [4.69, 9.17) is 4.18 Å². The smallest absolute Gasteiger partial charge is 0.270 e. The van der Waals surface area contributed by atoms with Crippen molar-refractivity contribution in [2.45, 2.75) is 18.4 Å². The summed E-state index contributed by atoms with van der Waals surface area (Å²) in [7, 11) is -1.98. The first-order valence-corrected chi connectivity index (χ1v) is 6.83. The number of aromatic nitrogens is 2. The molecule has 0 unspecified atom stereocenters. The molecule has 0 radical (unpaired) electrons. The summed E-state index contributed by atoms with van der Waals surface area (Å²) in [5.41, 5.74) is 1.70. The highest BCUT2D eigenvalue weighted by molar-refractivity contribution is 7.86. The molecule has 0 N–H and O–H groups in total. The highest BCUT2D eigenvalue weighted by Crippen LogP contribution is 2.14. The second-order valence-corrected chi connectivity index (χ2v) is 5.59. The molecule has 0 saturated carbocycles. The van der Waals surface area contributed by atoms with E-state index >= 15 is 0 Å². The number of benzene rings is 1. The van der Waals surface area contributed by atoms with Gasteiger partial charge in [0.2, 0.25) is 0 Å². The lowest BCUT2D eigenvalue weighted by atomic mass is 10.2. The van der Waals surface area contributed by atoms with E-state index in [2.05, 4.69) is 5.10 Å². The third-order valence-electron chi connectivity index (χ3n) is 2.59. The van der Waals surface area contributed by atoms with Gasteiger partial charge >= 0.3 is 0 Å². The van der Waals surface area contributed by atoms with E-state index in [1.54, 1.807) is 36.1 Å². The summed E-state index contributed by atoms with van der Waals surface area (Å²) in [6.07, 6.45) is 1.59. The molecule has 0 atom stereocenters. The van der Waals surface area contributed by atoms with Gasteiger partial charge < -0.3 is 0 Å². The monoisotopic (exact) mass is 266 g/mol. The Hall–Kier alpha value is -1.66. The summed E-state index contributed by atoms with van der Waals surface area (Å²) >= 11 is 0. The Bertz CT molecular complexity index is 630. The standard InChI is InChI=1S/C12H14N2O3S/c1-10-3-5-12(6-4-10)18(15,16)17-9-11-7-8-13-14(11)2/h3-8H,9H2,1-2H3. The van der Waals surface area contributed by atoms with Gasteiger partial charge in [0, 0.05) is 13.2 Å². The molecule has 0 fully saturated rings. The van der Waals surface area contributed by atoms with Crippen molar-refractivity contribution in [1.82, 2.24) is 9.78 Å². The van der Waals surface area contributed by atoms with Crippen molar-refractivity contribution >= 4 is 10.1 Å². The minimum Gasteiger partial charge on any atom is -0.270 e. The lowest BCUT2D eigenvalue weighted by Gasteiger charge is -2.06. The topological polar surface area (TPSA) is 61.2 Å². The fraction of sp³-hybridized carbons (Fsp3) is 0.250. The first-order valence-electron chi connectivity index (χ1n) is 5.42. The van der Waals surface area contributed by atoms with Crippen molar-refractivity contribution in [1.29, 1.82) is 0 Å². The van der Waals surface area contributed by atoms with Crippen LogP contribution in [0.25, 0.3) is 0 Å². The number of hydrogen-bond acceptors (Lipinski definition) is 4. The van der Waals surface area contributed by atoms with E-state index < -0.39 is 10.1 Å². The SMILES string of the molecule is Cc1ccc(S(=O)(=O)OCc2ccnn2C)cc1. The Kier molecular flexibility index (Phi) is 3.49. The molecule has 0 saturated heterocycles. The van der Waals surface area contributed by atoms with Crippen molar-refractivity contribution < 1.29 is 12.6 Å². The second-order valence-electron chi connectivity index (χ2n) is 3.98. The van der Waals surface area contributed by atoms with Crippen LogP contribution in [0, 0.1) is 6.92 Å². The Morgan fingerprint density at radius 3 is 2.44 bits per heavy atom. The zero-order valence-electron chi connectivity index (χ0n) is 10.2. The molecular weight excluding hydrogens is 252 g/mol. The third kappa shape index (κ3) is 2.77. The van der Waals surface area contributed by atoms with Gasteiger partial charge in [-0.15, -0.1) is 0 Å². The molecular formula is C12H14N2O3S. The fourth-order valence-corrected chi connectivity index (χ4v) is 2.34. The van der Waals surface area contributed by atoms with Crippen LogP contribution in [-0.4, -0.2) is 18.2 Å². The third-order valence-corrected chi connectivity index (χ3v) is 3.87. The van der Waals surface area contributed by atoms with Gasteiger partial charge in [0.25, 0.3) is 10.1 Å². The zero-order valence-corrected chi connectivity index (χ0v) is 11.0. The van der Waals surface area contributed by atoms with Crippen LogP contribution < -0.4 is 0 Å². The maximum Gasteiger partial charge on any atom is 0.297 e. The average molecular weight is 266 g/mol. The molecule has 18 heavy (non-hydrogen) atoms. The summed E-state index contributed by atoms with van der Waals surface area (Å²) in [6.45, 7) is 1.87. The van der Waals surface area contributed by atoms with E-state index in [0.29, 0.717) is 5.69 Å². The highest BCUT2D eigenvalue weighted by Gasteiger charge is 2.15. The predicted octanol–water partition coefficient (Wildman–Crippen LogP) is 1.63. The van der Waals surface area contributed by atoms with Gasteiger partial charge in [-0.1, -0.05) is 17.7 Å². The van der Waals surface area contributed by atoms with Gasteiger partial charge in [-0.25, -0.2) is 0 Å². The minimum absolute atomic E-state index is 0.0211. The Labute approximate surface area is 106 Å². The molecule has 0 spiro atoms. The Balaban J connectivity index is 2.13. The van der Waals surface area contributed by atoms with Crippen LogP contribution in [0.2, 0.25) is 0 Å². The van der Waals surface area contributed by atoms with Crippen molar-refractivity contribution in [2.75, 3.05) is 0 Å². The first-order chi connectivity index (χ1) is 8.49. The summed E-state index contributed by atoms with van der Waals surface area (Å²) in [4.78, 5) is 0.162. The van der Waals surface area contributed by atoms with E-state index in [9.17, 15) is 8.42 Å². The van der Waals surface area contributed by atoms with Crippen molar-refractivity contribution in [3.05, 3.63) is 47.8 Å². The second kappa shape index (κ2) is 4.91. The molecule has 2 rings (SSSR count). The number of aryl methyl sites for hydroxylation is 2. The summed E-state index contributed by atoms with van der Waals surface area (Å²) in [5.74, 6) is 0. The molecule has 2 aromatic rings. The van der Waals surface area contributed by atoms with E-state index in [0.717, 1.165) is 5.56 Å². The lowest BCUT2D eigenvalue weighted by molar-refractivity contribution is 0.297. The van der Waals surface area contributed by atoms with Crippen molar-refractivity contribution in [2.24, 2.45) is 7.05 Å². The summed E-state index contributed by atoms with van der Waals surface area (Å²) in [5, 5.41) is 3.94. The fourth-order valence-electron chi connectivity index (χ4n) is 1.45. The molecule has 1 aromatic carbocycles. The molecule has 0 aliphatic carbocycles. The predicted molar refractivity (Wildman–Crippen MR) is 66.4 cm³/mol. The number of hydrogen-bond donors (Lipinski definition) is 0. The van der Waals surface area contributed by atoms with Crippen LogP contribution in [0.15, 0.2) is 41.4 Å². The molecule has 1 heterocycles. The van der Waals surface area contributed by atoms with Crippen LogP contribution in [0.3, 0.4) is 0 Å². The van der Waals surface area contributed by atoms with Gasteiger partial charge in [-0.3, -0.25) is 8.86 Å². The molecule has 0 aliphatic heterocycles. The molecule has 6 heteroatoms. The van der Waals surface area contributed by atoms with Gasteiger partial charge in [0.1, 0.15) is 6.61 Å². The van der Waals surface area contributed by atoms with E-state index in [1.807, 2.05) is 6.92 Å². The zero-order chi connectivity index (χ0) is 13.2. The largest absolute Gasteiger partial charge is 0.297 e. The van der Waals surface area contributed by atoms with Crippen molar-refractivity contribution in [3.8, 4) is 0 Å². The maximum absolute atomic E-state index is 11.9. The Morgan fingerprint density at radius 2 is 1.89 bits per heavy atom. The van der Waals surface area contributed by atoms with Gasteiger partial charge in [0.05, 0.1) is 10.6 Å². The maximum atomic E-state index is 11.9. The van der Waals surface area contributed by atoms with Crippen LogP contribution in [0.5, 0.6) is 0 Å². The van der Waals surface area contributed by atoms with E-state index in [1.165, 1.54) is 12.1 Å². The molecule has 5 nitrogen and oxygen atoms in total. The normalized spacial score (nSPS) is 11.7. The summed E-state index contributed by atoms with van der Waals surface area (Å²) in [6, 6.07) is 8.26. The van der Waals surface area contributed by atoms with Crippen LogP contribution in [-0.2, 0) is 28.0 Å². The molecule has 96 valence electrons. The van der Waals surface area contributed by atoms with Crippen LogP contribution in [0.4, 0.5) is 0 Å². The summed E-state index contributed by atoms with van der Waals surface area (Å²) < 4.78 is 30.4. The Morgan fingerprint density at radius 1 is 1.22 bits per heavy atom.